The summed E-state index contributed by atoms with van der Waals surface area (Å²) >= 11 is 0. The highest BCUT2D eigenvalue weighted by molar-refractivity contribution is 6.12. The maximum atomic E-state index is 13.1. The first-order valence-corrected chi connectivity index (χ1v) is 8.62. The molecular formula is C20H16FN3O4. The maximum Gasteiger partial charge on any atom is 0.286 e. The van der Waals surface area contributed by atoms with Crippen LogP contribution in [0.5, 0.6) is 0 Å². The van der Waals surface area contributed by atoms with Gasteiger partial charge in [-0.25, -0.2) is 4.39 Å². The van der Waals surface area contributed by atoms with Crippen LogP contribution in [-0.4, -0.2) is 24.3 Å². The van der Waals surface area contributed by atoms with E-state index in [1.807, 2.05) is 0 Å². The molecule has 28 heavy (non-hydrogen) atoms. The average Bonchev–Trinajstić information content (AvgIpc) is 3.24. The van der Waals surface area contributed by atoms with Crippen molar-refractivity contribution in [2.75, 3.05) is 16.8 Å². The largest absolute Gasteiger partial charge is 0.449 e. The van der Waals surface area contributed by atoms with E-state index in [2.05, 4.69) is 5.32 Å². The number of nitrogens with one attached hydrogen (secondary N) is 1. The number of halogens is 1. The zero-order valence-electron chi connectivity index (χ0n) is 14.6. The smallest absolute Gasteiger partial charge is 0.286 e. The molecule has 0 radical (unpaired) electrons. The van der Waals surface area contributed by atoms with E-state index in [0.29, 0.717) is 16.7 Å². The molecule has 1 aliphatic rings. The monoisotopic (exact) mass is 381 g/mol. The minimum atomic E-state index is -0.804. The molecule has 142 valence electrons. The van der Waals surface area contributed by atoms with Gasteiger partial charge in [-0.15, -0.1) is 0 Å². The fourth-order valence-electron chi connectivity index (χ4n) is 3.32. The number of fused-ring (bicyclic) bond motifs is 1. The number of carbonyl (C=O) groups is 3. The minimum absolute atomic E-state index is 0.00486. The number of hydrogen-bond donors (Lipinski definition) is 2. The number of furan rings is 1. The lowest BCUT2D eigenvalue weighted by Gasteiger charge is -2.16. The number of benzene rings is 2. The van der Waals surface area contributed by atoms with Gasteiger partial charge in [0.25, 0.3) is 5.91 Å². The second-order valence-electron chi connectivity index (χ2n) is 6.54. The Labute approximate surface area is 158 Å². The molecule has 4 rings (SSSR count). The Kier molecular flexibility index (Phi) is 4.31. The zero-order chi connectivity index (χ0) is 19.8. The fraction of sp³-hybridized carbons (Fsp3) is 0.150. The Balaban J connectivity index is 1.57. The first kappa shape index (κ1) is 17.7. The molecule has 0 saturated carbocycles. The second kappa shape index (κ2) is 6.80. The van der Waals surface area contributed by atoms with Gasteiger partial charge in [-0.2, -0.15) is 0 Å². The first-order valence-electron chi connectivity index (χ1n) is 8.62. The average molecular weight is 381 g/mol. The molecule has 8 heteroatoms. The Bertz CT molecular complexity index is 1090. The lowest BCUT2D eigenvalue weighted by molar-refractivity contribution is -0.122. The van der Waals surface area contributed by atoms with Crippen LogP contribution in [0.1, 0.15) is 17.0 Å². The molecule has 1 aromatic heterocycles. The number of rotatable bonds is 4. The van der Waals surface area contributed by atoms with Gasteiger partial charge >= 0.3 is 0 Å². The second-order valence-corrected chi connectivity index (χ2v) is 6.54. The molecule has 3 amide bonds. The first-order chi connectivity index (χ1) is 13.4. The van der Waals surface area contributed by atoms with Gasteiger partial charge < -0.3 is 20.4 Å². The van der Waals surface area contributed by atoms with Gasteiger partial charge in [-0.05, 0) is 36.4 Å². The van der Waals surface area contributed by atoms with E-state index in [0.717, 1.165) is 0 Å². The van der Waals surface area contributed by atoms with E-state index in [1.54, 1.807) is 24.3 Å². The number of nitrogens with two attached hydrogens (primary N) is 1. The third kappa shape index (κ3) is 3.09. The summed E-state index contributed by atoms with van der Waals surface area (Å²) in [5.74, 6) is -2.65. The number of para-hydroxylation sites is 1. The van der Waals surface area contributed by atoms with Gasteiger partial charge in [-0.3, -0.25) is 14.4 Å². The standard InChI is InChI=1S/C20H16FN3O4/c21-12-5-7-13(8-6-12)24-10-11(9-16(24)25)20(27)23-17-14-3-1-2-4-15(14)28-18(17)19(22)26/h1-8,11H,9-10H2,(H2,22,26)(H,23,27)/t11-/m1/s1. The summed E-state index contributed by atoms with van der Waals surface area (Å²) in [5.41, 5.74) is 6.50. The van der Waals surface area contributed by atoms with E-state index in [9.17, 15) is 18.8 Å². The van der Waals surface area contributed by atoms with Crippen molar-refractivity contribution in [2.24, 2.45) is 11.7 Å². The molecule has 2 aromatic carbocycles. The molecule has 1 aliphatic heterocycles. The predicted octanol–water partition coefficient (Wildman–Crippen LogP) is 2.66. The van der Waals surface area contributed by atoms with Crippen molar-refractivity contribution in [3.05, 3.63) is 60.1 Å². The van der Waals surface area contributed by atoms with E-state index in [1.165, 1.54) is 29.2 Å². The quantitative estimate of drug-likeness (QED) is 0.725. The van der Waals surface area contributed by atoms with Gasteiger partial charge in [0, 0.05) is 24.0 Å². The summed E-state index contributed by atoms with van der Waals surface area (Å²) in [7, 11) is 0. The molecular weight excluding hydrogens is 365 g/mol. The summed E-state index contributed by atoms with van der Waals surface area (Å²) < 4.78 is 18.5. The normalized spacial score (nSPS) is 16.5. The summed E-state index contributed by atoms with van der Waals surface area (Å²) in [6, 6.07) is 12.3. The van der Waals surface area contributed by atoms with Crippen LogP contribution in [0.15, 0.2) is 52.9 Å². The highest BCUT2D eigenvalue weighted by Crippen LogP contribution is 2.32. The number of hydrogen-bond acceptors (Lipinski definition) is 4. The summed E-state index contributed by atoms with van der Waals surface area (Å²) in [4.78, 5) is 38.2. The number of anilines is 2. The van der Waals surface area contributed by atoms with E-state index < -0.39 is 23.5 Å². The third-order valence-corrected chi connectivity index (χ3v) is 4.70. The number of nitrogens with zero attached hydrogens (tertiary/aromatic N) is 1. The van der Waals surface area contributed by atoms with Crippen molar-refractivity contribution >= 4 is 40.1 Å². The summed E-state index contributed by atoms with van der Waals surface area (Å²) in [6.45, 7) is 0.151. The Morgan fingerprint density at radius 1 is 1.14 bits per heavy atom. The van der Waals surface area contributed by atoms with Crippen LogP contribution < -0.4 is 16.0 Å². The van der Waals surface area contributed by atoms with Gasteiger partial charge in [0.15, 0.2) is 0 Å². The van der Waals surface area contributed by atoms with Crippen LogP contribution in [0.3, 0.4) is 0 Å². The van der Waals surface area contributed by atoms with Crippen molar-refractivity contribution < 1.29 is 23.2 Å². The van der Waals surface area contributed by atoms with Crippen LogP contribution in [0.2, 0.25) is 0 Å². The van der Waals surface area contributed by atoms with Gasteiger partial charge in [0.05, 0.1) is 5.92 Å². The Morgan fingerprint density at radius 3 is 2.57 bits per heavy atom. The SMILES string of the molecule is NC(=O)c1oc2ccccc2c1NC(=O)[C@@H]1CC(=O)N(c2ccc(F)cc2)C1. The van der Waals surface area contributed by atoms with Crippen molar-refractivity contribution in [1.82, 2.24) is 0 Å². The lowest BCUT2D eigenvalue weighted by atomic mass is 10.1. The van der Waals surface area contributed by atoms with Gasteiger partial charge in [0.2, 0.25) is 17.6 Å². The van der Waals surface area contributed by atoms with Crippen molar-refractivity contribution in [2.45, 2.75) is 6.42 Å². The molecule has 0 bridgehead atoms. The fourth-order valence-corrected chi connectivity index (χ4v) is 3.32. The highest BCUT2D eigenvalue weighted by atomic mass is 19.1. The molecule has 0 spiro atoms. The molecule has 0 unspecified atom stereocenters. The molecule has 3 aromatic rings. The Morgan fingerprint density at radius 2 is 1.86 bits per heavy atom. The van der Waals surface area contributed by atoms with Crippen molar-refractivity contribution in [3.8, 4) is 0 Å². The molecule has 3 N–H and O–H groups in total. The van der Waals surface area contributed by atoms with Crippen LogP contribution in [-0.2, 0) is 9.59 Å². The maximum absolute atomic E-state index is 13.1. The number of amides is 3. The third-order valence-electron chi connectivity index (χ3n) is 4.70. The van der Waals surface area contributed by atoms with Crippen molar-refractivity contribution in [1.29, 1.82) is 0 Å². The van der Waals surface area contributed by atoms with Crippen LogP contribution in [0.25, 0.3) is 11.0 Å². The number of carbonyl (C=O) groups excluding carboxylic acids is 3. The molecule has 1 atom stereocenters. The summed E-state index contributed by atoms with van der Waals surface area (Å²) in [5, 5.41) is 3.23. The molecule has 1 fully saturated rings. The molecule has 7 nitrogen and oxygen atoms in total. The zero-order valence-corrected chi connectivity index (χ0v) is 14.6. The van der Waals surface area contributed by atoms with E-state index >= 15 is 0 Å². The van der Waals surface area contributed by atoms with Crippen LogP contribution in [0, 0.1) is 11.7 Å². The molecule has 1 saturated heterocycles. The van der Waals surface area contributed by atoms with Crippen molar-refractivity contribution in [3.63, 3.8) is 0 Å². The number of primary amides is 1. The van der Waals surface area contributed by atoms with Gasteiger partial charge in [-0.1, -0.05) is 12.1 Å². The van der Waals surface area contributed by atoms with Gasteiger partial charge in [0.1, 0.15) is 17.1 Å². The van der Waals surface area contributed by atoms with Crippen LogP contribution >= 0.6 is 0 Å². The van der Waals surface area contributed by atoms with E-state index in [4.69, 9.17) is 10.2 Å². The predicted molar refractivity (Wildman–Crippen MR) is 100 cm³/mol. The van der Waals surface area contributed by atoms with E-state index in [-0.39, 0.29) is 30.3 Å². The van der Waals surface area contributed by atoms with Crippen LogP contribution in [0.4, 0.5) is 15.8 Å². The molecule has 2 heterocycles. The highest BCUT2D eigenvalue weighted by Gasteiger charge is 2.36. The summed E-state index contributed by atoms with van der Waals surface area (Å²) in [6.07, 6.45) is 0.00486. The Hall–Kier alpha value is -3.68. The molecule has 0 aliphatic carbocycles. The minimum Gasteiger partial charge on any atom is -0.449 e. The lowest BCUT2D eigenvalue weighted by Crippen LogP contribution is -2.28. The topological polar surface area (TPSA) is 106 Å².